The lowest BCUT2D eigenvalue weighted by atomic mass is 10.4. The van der Waals surface area contributed by atoms with Crippen LogP contribution in [0, 0.1) is 0 Å². The molecule has 0 aromatic carbocycles. The van der Waals surface area contributed by atoms with Crippen LogP contribution in [0.15, 0.2) is 12.3 Å². The molecule has 0 aliphatic carbocycles. The predicted molar refractivity (Wildman–Crippen MR) is 56.6 cm³/mol. The van der Waals surface area contributed by atoms with Crippen LogP contribution in [-0.4, -0.2) is 39.3 Å². The van der Waals surface area contributed by atoms with E-state index in [1.165, 1.54) is 0 Å². The second-order valence-corrected chi connectivity index (χ2v) is 3.95. The van der Waals surface area contributed by atoms with Gasteiger partial charge in [0.1, 0.15) is 0 Å². The number of nitrogens with zero attached hydrogens (tertiary/aromatic N) is 3. The van der Waals surface area contributed by atoms with E-state index in [-0.39, 0.29) is 6.54 Å². The number of hydrogen-bond acceptors (Lipinski definition) is 3. The van der Waals surface area contributed by atoms with Gasteiger partial charge in [-0.3, -0.25) is 14.4 Å². The van der Waals surface area contributed by atoms with Gasteiger partial charge in [0.15, 0.2) is 0 Å². The standard InChI is InChI=1S/C10H17N3O2/c1-8(2)13-5-4-9(11-13)6-12(3)7-10(14)15/h4-5,8H,6-7H2,1-3H3,(H,14,15). The zero-order valence-electron chi connectivity index (χ0n) is 9.34. The molecule has 0 spiro atoms. The molecule has 1 aromatic heterocycles. The van der Waals surface area contributed by atoms with Crippen molar-refractivity contribution in [3.8, 4) is 0 Å². The van der Waals surface area contributed by atoms with E-state index < -0.39 is 5.97 Å². The van der Waals surface area contributed by atoms with Gasteiger partial charge in [0.05, 0.1) is 12.2 Å². The maximum atomic E-state index is 10.4. The van der Waals surface area contributed by atoms with Crippen LogP contribution < -0.4 is 0 Å². The van der Waals surface area contributed by atoms with E-state index in [0.717, 1.165) is 5.69 Å². The van der Waals surface area contributed by atoms with Gasteiger partial charge in [0.2, 0.25) is 0 Å². The first-order valence-corrected chi connectivity index (χ1v) is 4.93. The number of aliphatic carboxylic acids is 1. The van der Waals surface area contributed by atoms with Gasteiger partial charge < -0.3 is 5.11 Å². The third kappa shape index (κ3) is 3.71. The van der Waals surface area contributed by atoms with Gasteiger partial charge in [-0.25, -0.2) is 0 Å². The molecule has 0 aliphatic rings. The molecule has 1 N–H and O–H groups in total. The Labute approximate surface area is 89.3 Å². The Morgan fingerprint density at radius 1 is 1.67 bits per heavy atom. The number of carbonyl (C=O) groups is 1. The molecule has 1 aromatic rings. The summed E-state index contributed by atoms with van der Waals surface area (Å²) in [5.41, 5.74) is 0.896. The molecule has 0 amide bonds. The van der Waals surface area contributed by atoms with Crippen LogP contribution in [0.4, 0.5) is 0 Å². The molecule has 0 saturated heterocycles. The molecule has 0 aliphatic heterocycles. The van der Waals surface area contributed by atoms with Crippen molar-refractivity contribution in [1.29, 1.82) is 0 Å². The van der Waals surface area contributed by atoms with Crippen molar-refractivity contribution in [2.45, 2.75) is 26.4 Å². The average molecular weight is 211 g/mol. The number of carboxylic acid groups (broad SMARTS) is 1. The third-order valence-electron chi connectivity index (χ3n) is 2.03. The Morgan fingerprint density at radius 3 is 2.80 bits per heavy atom. The summed E-state index contributed by atoms with van der Waals surface area (Å²) in [6.07, 6.45) is 1.91. The van der Waals surface area contributed by atoms with Gasteiger partial charge in [-0.2, -0.15) is 5.10 Å². The lowest BCUT2D eigenvalue weighted by Gasteiger charge is -2.11. The molecule has 5 heteroatoms. The Bertz CT molecular complexity index is 333. The number of likely N-dealkylation sites (N-methyl/N-ethyl adjacent to an activating group) is 1. The summed E-state index contributed by atoms with van der Waals surface area (Å²) in [6, 6.07) is 2.25. The van der Waals surface area contributed by atoms with Gasteiger partial charge in [-0.1, -0.05) is 0 Å². The highest BCUT2D eigenvalue weighted by Crippen LogP contribution is 2.05. The van der Waals surface area contributed by atoms with Crippen molar-refractivity contribution in [2.24, 2.45) is 0 Å². The van der Waals surface area contributed by atoms with Crippen LogP contribution in [0.2, 0.25) is 0 Å². The molecule has 15 heavy (non-hydrogen) atoms. The fourth-order valence-corrected chi connectivity index (χ4v) is 1.31. The summed E-state index contributed by atoms with van der Waals surface area (Å²) in [5.74, 6) is -0.819. The lowest BCUT2D eigenvalue weighted by molar-refractivity contribution is -0.138. The largest absolute Gasteiger partial charge is 0.480 e. The fraction of sp³-hybridized carbons (Fsp3) is 0.600. The maximum absolute atomic E-state index is 10.4. The molecule has 84 valence electrons. The molecule has 0 unspecified atom stereocenters. The first-order valence-electron chi connectivity index (χ1n) is 4.93. The average Bonchev–Trinajstić information content (AvgIpc) is 2.50. The second kappa shape index (κ2) is 4.93. The summed E-state index contributed by atoms with van der Waals surface area (Å²) in [7, 11) is 1.77. The van der Waals surface area contributed by atoms with E-state index in [9.17, 15) is 4.79 Å². The summed E-state index contributed by atoms with van der Waals surface area (Å²) in [4.78, 5) is 12.2. The number of rotatable bonds is 5. The van der Waals surface area contributed by atoms with E-state index in [2.05, 4.69) is 18.9 Å². The van der Waals surface area contributed by atoms with Gasteiger partial charge >= 0.3 is 5.97 Å². The van der Waals surface area contributed by atoms with Crippen LogP contribution in [-0.2, 0) is 11.3 Å². The van der Waals surface area contributed by atoms with Gasteiger partial charge in [-0.15, -0.1) is 0 Å². The molecule has 1 rings (SSSR count). The Kier molecular flexibility index (Phi) is 3.85. The first kappa shape index (κ1) is 11.7. The van der Waals surface area contributed by atoms with Crippen molar-refractivity contribution >= 4 is 5.97 Å². The zero-order chi connectivity index (χ0) is 11.4. The number of carboxylic acids is 1. The van der Waals surface area contributed by atoms with E-state index in [0.29, 0.717) is 12.6 Å². The van der Waals surface area contributed by atoms with Crippen LogP contribution in [0.3, 0.4) is 0 Å². The summed E-state index contributed by atoms with van der Waals surface area (Å²) < 4.78 is 1.87. The Hall–Kier alpha value is -1.36. The molecule has 0 atom stereocenters. The monoisotopic (exact) mass is 211 g/mol. The molecule has 5 nitrogen and oxygen atoms in total. The van der Waals surface area contributed by atoms with Crippen LogP contribution in [0.5, 0.6) is 0 Å². The van der Waals surface area contributed by atoms with Crippen molar-refractivity contribution < 1.29 is 9.90 Å². The quantitative estimate of drug-likeness (QED) is 0.788. The summed E-state index contributed by atoms with van der Waals surface area (Å²) in [6.45, 7) is 4.70. The van der Waals surface area contributed by atoms with Gasteiger partial charge in [-0.05, 0) is 27.0 Å². The Balaban J connectivity index is 2.53. The van der Waals surface area contributed by atoms with Crippen molar-refractivity contribution in [3.05, 3.63) is 18.0 Å². The molecular weight excluding hydrogens is 194 g/mol. The normalized spacial score (nSPS) is 11.3. The minimum absolute atomic E-state index is 0.0362. The minimum Gasteiger partial charge on any atom is -0.480 e. The van der Waals surface area contributed by atoms with Crippen molar-refractivity contribution in [1.82, 2.24) is 14.7 Å². The van der Waals surface area contributed by atoms with Gasteiger partial charge in [0.25, 0.3) is 0 Å². The first-order chi connectivity index (χ1) is 6.99. The molecular formula is C10H17N3O2. The third-order valence-corrected chi connectivity index (χ3v) is 2.03. The maximum Gasteiger partial charge on any atom is 0.317 e. The SMILES string of the molecule is CC(C)n1ccc(CN(C)CC(=O)O)n1. The van der Waals surface area contributed by atoms with Crippen LogP contribution in [0.25, 0.3) is 0 Å². The zero-order valence-corrected chi connectivity index (χ0v) is 9.34. The highest BCUT2D eigenvalue weighted by atomic mass is 16.4. The topological polar surface area (TPSA) is 58.4 Å². The number of aromatic nitrogens is 2. The minimum atomic E-state index is -0.819. The Morgan fingerprint density at radius 2 is 2.33 bits per heavy atom. The molecule has 0 radical (unpaired) electrons. The van der Waals surface area contributed by atoms with Crippen LogP contribution >= 0.6 is 0 Å². The van der Waals surface area contributed by atoms with Gasteiger partial charge in [0, 0.05) is 18.8 Å². The molecule has 1 heterocycles. The summed E-state index contributed by atoms with van der Waals surface area (Å²) >= 11 is 0. The molecule has 0 bridgehead atoms. The highest BCUT2D eigenvalue weighted by Gasteiger charge is 2.07. The van der Waals surface area contributed by atoms with E-state index in [1.807, 2.05) is 16.9 Å². The molecule has 0 saturated carbocycles. The second-order valence-electron chi connectivity index (χ2n) is 3.95. The van der Waals surface area contributed by atoms with Crippen molar-refractivity contribution in [2.75, 3.05) is 13.6 Å². The molecule has 0 fully saturated rings. The van der Waals surface area contributed by atoms with E-state index >= 15 is 0 Å². The fourth-order valence-electron chi connectivity index (χ4n) is 1.31. The predicted octanol–water partition coefficient (Wildman–Crippen LogP) is 0.980. The summed E-state index contributed by atoms with van der Waals surface area (Å²) in [5, 5.41) is 12.9. The smallest absolute Gasteiger partial charge is 0.317 e. The number of hydrogen-bond donors (Lipinski definition) is 1. The highest BCUT2D eigenvalue weighted by molar-refractivity contribution is 5.68. The van der Waals surface area contributed by atoms with E-state index in [4.69, 9.17) is 5.11 Å². The van der Waals surface area contributed by atoms with E-state index in [1.54, 1.807) is 11.9 Å². The van der Waals surface area contributed by atoms with Crippen molar-refractivity contribution in [3.63, 3.8) is 0 Å². The van der Waals surface area contributed by atoms with Crippen LogP contribution in [0.1, 0.15) is 25.6 Å². The lowest BCUT2D eigenvalue weighted by Crippen LogP contribution is -2.25.